The summed E-state index contributed by atoms with van der Waals surface area (Å²) in [5, 5.41) is 2.74. The minimum atomic E-state index is -0.178. The van der Waals surface area contributed by atoms with Gasteiger partial charge in [0.15, 0.2) is 0 Å². The number of hydrogen-bond donors (Lipinski definition) is 1. The number of benzene rings is 1. The Kier molecular flexibility index (Phi) is 3.18. The summed E-state index contributed by atoms with van der Waals surface area (Å²) >= 11 is 0. The summed E-state index contributed by atoms with van der Waals surface area (Å²) < 4.78 is 5.07. The van der Waals surface area contributed by atoms with Gasteiger partial charge in [-0.25, -0.2) is 0 Å². The van der Waals surface area contributed by atoms with Crippen LogP contribution in [0.2, 0.25) is 0 Å². The molecule has 1 heterocycles. The van der Waals surface area contributed by atoms with Gasteiger partial charge >= 0.3 is 0 Å². The summed E-state index contributed by atoms with van der Waals surface area (Å²) in [6.45, 7) is 0. The van der Waals surface area contributed by atoms with Crippen molar-refractivity contribution in [1.82, 2.24) is 0 Å². The number of hydrogen-bond acceptors (Lipinski definition) is 2. The third-order valence-electron chi connectivity index (χ3n) is 1.98. The second kappa shape index (κ2) is 4.98. The van der Waals surface area contributed by atoms with Crippen molar-refractivity contribution in [2.24, 2.45) is 0 Å². The zero-order chi connectivity index (χ0) is 11.2. The van der Waals surface area contributed by atoms with E-state index in [1.54, 1.807) is 24.5 Å². The van der Waals surface area contributed by atoms with E-state index in [-0.39, 0.29) is 5.91 Å². The molecule has 0 saturated carbocycles. The highest BCUT2D eigenvalue weighted by Crippen LogP contribution is 2.06. The van der Waals surface area contributed by atoms with Gasteiger partial charge in [-0.2, -0.15) is 0 Å². The molecule has 0 aliphatic rings. The fourth-order valence-electron chi connectivity index (χ4n) is 1.25. The Hall–Kier alpha value is -2.29. The number of para-hydroxylation sites is 1. The maximum atomic E-state index is 11.5. The highest BCUT2D eigenvalue weighted by Gasteiger charge is 1.96. The standard InChI is InChI=1S/C13H11NO2/c15-13(9-8-12-7-4-10-16-12)14-11-5-2-1-3-6-11/h1-10H,(H,14,15)/b9-8-. The average Bonchev–Trinajstić information content (AvgIpc) is 2.81. The number of furan rings is 1. The summed E-state index contributed by atoms with van der Waals surface area (Å²) in [6, 6.07) is 12.9. The Bertz CT molecular complexity index is 472. The summed E-state index contributed by atoms with van der Waals surface area (Å²) in [7, 11) is 0. The molecule has 0 saturated heterocycles. The lowest BCUT2D eigenvalue weighted by Crippen LogP contribution is -2.07. The molecule has 16 heavy (non-hydrogen) atoms. The fourth-order valence-corrected chi connectivity index (χ4v) is 1.25. The van der Waals surface area contributed by atoms with E-state index in [1.807, 2.05) is 30.3 Å². The van der Waals surface area contributed by atoms with Gasteiger partial charge in [-0.05, 0) is 30.3 Å². The van der Waals surface area contributed by atoms with Gasteiger partial charge in [0, 0.05) is 11.8 Å². The van der Waals surface area contributed by atoms with Crippen molar-refractivity contribution < 1.29 is 9.21 Å². The first kappa shape index (κ1) is 10.2. The molecule has 1 N–H and O–H groups in total. The second-order valence-electron chi connectivity index (χ2n) is 3.20. The summed E-state index contributed by atoms with van der Waals surface area (Å²) in [5.41, 5.74) is 0.775. The Morgan fingerprint density at radius 3 is 2.62 bits per heavy atom. The van der Waals surface area contributed by atoms with Gasteiger partial charge in [0.2, 0.25) is 5.91 Å². The van der Waals surface area contributed by atoms with Crippen LogP contribution in [-0.4, -0.2) is 5.91 Å². The van der Waals surface area contributed by atoms with E-state index in [9.17, 15) is 4.79 Å². The fraction of sp³-hybridized carbons (Fsp3) is 0. The monoisotopic (exact) mass is 213 g/mol. The second-order valence-corrected chi connectivity index (χ2v) is 3.20. The van der Waals surface area contributed by atoms with Gasteiger partial charge in [-0.15, -0.1) is 0 Å². The van der Waals surface area contributed by atoms with Crippen LogP contribution >= 0.6 is 0 Å². The maximum Gasteiger partial charge on any atom is 0.248 e. The highest BCUT2D eigenvalue weighted by atomic mass is 16.3. The molecular weight excluding hydrogens is 202 g/mol. The Labute approximate surface area is 93.4 Å². The first-order valence-corrected chi connectivity index (χ1v) is 4.92. The molecule has 1 aromatic heterocycles. The molecule has 0 unspecified atom stereocenters. The van der Waals surface area contributed by atoms with Gasteiger partial charge in [0.05, 0.1) is 6.26 Å². The number of anilines is 1. The molecule has 1 aromatic carbocycles. The van der Waals surface area contributed by atoms with Crippen molar-refractivity contribution in [3.63, 3.8) is 0 Å². The molecule has 0 radical (unpaired) electrons. The van der Waals surface area contributed by atoms with Crippen LogP contribution in [0.5, 0.6) is 0 Å². The van der Waals surface area contributed by atoms with Gasteiger partial charge in [-0.3, -0.25) is 4.79 Å². The number of rotatable bonds is 3. The van der Waals surface area contributed by atoms with E-state index in [4.69, 9.17) is 4.42 Å². The Balaban J connectivity index is 1.95. The minimum Gasteiger partial charge on any atom is -0.465 e. The van der Waals surface area contributed by atoms with E-state index >= 15 is 0 Å². The predicted molar refractivity (Wildman–Crippen MR) is 62.8 cm³/mol. The normalized spacial score (nSPS) is 10.5. The van der Waals surface area contributed by atoms with Crippen LogP contribution in [0.3, 0.4) is 0 Å². The Morgan fingerprint density at radius 1 is 1.12 bits per heavy atom. The molecule has 2 rings (SSSR count). The SMILES string of the molecule is O=C(/C=C\c1ccco1)Nc1ccccc1. The summed E-state index contributed by atoms with van der Waals surface area (Å²) in [4.78, 5) is 11.5. The van der Waals surface area contributed by atoms with Gasteiger partial charge in [-0.1, -0.05) is 18.2 Å². The molecule has 2 aromatic rings. The van der Waals surface area contributed by atoms with E-state index in [2.05, 4.69) is 5.32 Å². The molecule has 1 amide bonds. The zero-order valence-corrected chi connectivity index (χ0v) is 8.59. The third kappa shape index (κ3) is 2.85. The molecule has 0 spiro atoms. The van der Waals surface area contributed by atoms with Crippen molar-refractivity contribution in [2.45, 2.75) is 0 Å². The van der Waals surface area contributed by atoms with Gasteiger partial charge in [0.1, 0.15) is 5.76 Å². The largest absolute Gasteiger partial charge is 0.465 e. The van der Waals surface area contributed by atoms with Crippen LogP contribution in [-0.2, 0) is 4.79 Å². The van der Waals surface area contributed by atoms with E-state index in [0.29, 0.717) is 5.76 Å². The van der Waals surface area contributed by atoms with Gasteiger partial charge in [0.25, 0.3) is 0 Å². The Morgan fingerprint density at radius 2 is 1.94 bits per heavy atom. The lowest BCUT2D eigenvalue weighted by molar-refractivity contribution is -0.111. The first-order valence-electron chi connectivity index (χ1n) is 4.92. The molecular formula is C13H11NO2. The molecule has 0 bridgehead atoms. The highest BCUT2D eigenvalue weighted by molar-refractivity contribution is 6.01. The van der Waals surface area contributed by atoms with Crippen molar-refractivity contribution in [3.05, 3.63) is 60.6 Å². The summed E-state index contributed by atoms with van der Waals surface area (Å²) in [6.07, 6.45) is 4.62. The lowest BCUT2D eigenvalue weighted by atomic mass is 10.3. The van der Waals surface area contributed by atoms with Crippen molar-refractivity contribution in [1.29, 1.82) is 0 Å². The molecule has 0 aliphatic heterocycles. The zero-order valence-electron chi connectivity index (χ0n) is 8.59. The predicted octanol–water partition coefficient (Wildman–Crippen LogP) is 2.93. The first-order chi connectivity index (χ1) is 7.84. The van der Waals surface area contributed by atoms with E-state index in [0.717, 1.165) is 5.69 Å². The quantitative estimate of drug-likeness (QED) is 0.796. The van der Waals surface area contributed by atoms with Crippen LogP contribution in [0, 0.1) is 0 Å². The molecule has 80 valence electrons. The van der Waals surface area contributed by atoms with Crippen LogP contribution in [0.1, 0.15) is 5.76 Å². The van der Waals surface area contributed by atoms with Crippen LogP contribution in [0.15, 0.2) is 59.2 Å². The molecule has 0 fully saturated rings. The van der Waals surface area contributed by atoms with Crippen LogP contribution in [0.4, 0.5) is 5.69 Å². The molecule has 3 nitrogen and oxygen atoms in total. The van der Waals surface area contributed by atoms with Crippen molar-refractivity contribution >= 4 is 17.7 Å². The average molecular weight is 213 g/mol. The number of amides is 1. The van der Waals surface area contributed by atoms with Crippen LogP contribution in [0.25, 0.3) is 6.08 Å². The number of carbonyl (C=O) groups excluding carboxylic acids is 1. The summed E-state index contributed by atoms with van der Waals surface area (Å²) in [5.74, 6) is 0.478. The molecule has 0 atom stereocenters. The number of carbonyl (C=O) groups is 1. The van der Waals surface area contributed by atoms with E-state index < -0.39 is 0 Å². The van der Waals surface area contributed by atoms with E-state index in [1.165, 1.54) is 6.08 Å². The van der Waals surface area contributed by atoms with Crippen LogP contribution < -0.4 is 5.32 Å². The third-order valence-corrected chi connectivity index (χ3v) is 1.98. The number of nitrogens with one attached hydrogen (secondary N) is 1. The smallest absolute Gasteiger partial charge is 0.248 e. The maximum absolute atomic E-state index is 11.5. The van der Waals surface area contributed by atoms with Crippen molar-refractivity contribution in [2.75, 3.05) is 5.32 Å². The minimum absolute atomic E-state index is 0.178. The molecule has 3 heteroatoms. The molecule has 0 aliphatic carbocycles. The van der Waals surface area contributed by atoms with Crippen molar-refractivity contribution in [3.8, 4) is 0 Å². The van der Waals surface area contributed by atoms with Gasteiger partial charge < -0.3 is 9.73 Å². The lowest BCUT2D eigenvalue weighted by Gasteiger charge is -1.99. The topological polar surface area (TPSA) is 42.2 Å².